The summed E-state index contributed by atoms with van der Waals surface area (Å²) in [7, 11) is 3.14. The zero-order valence-corrected chi connectivity index (χ0v) is 20.9. The molecule has 1 aliphatic heterocycles. The Hall–Kier alpha value is -4.07. The monoisotopic (exact) mass is 490 g/mol. The van der Waals surface area contributed by atoms with Crippen molar-refractivity contribution in [2.24, 2.45) is 0 Å². The Morgan fingerprint density at radius 1 is 1.06 bits per heavy atom. The maximum atomic E-state index is 13.7. The third kappa shape index (κ3) is 4.98. The first-order valence-electron chi connectivity index (χ1n) is 11.9. The Morgan fingerprint density at radius 3 is 2.36 bits per heavy atom. The molecule has 188 valence electrons. The standard InChI is InChI=1S/C28H30N2O6/c1-18(2)19-9-11-21(12-10-19)36-17-25-23-16-27(35-4)26(34-3)15-20(23)13-14-29(25)28(31)22-7-5-6-8-24(22)30(32)33/h5-12,15-16,18,25H,13-14,17H2,1-4H3. The molecular formula is C28H30N2O6. The van der Waals surface area contributed by atoms with Crippen molar-refractivity contribution in [1.82, 2.24) is 4.90 Å². The lowest BCUT2D eigenvalue weighted by molar-refractivity contribution is -0.385. The highest BCUT2D eigenvalue weighted by atomic mass is 16.6. The Bertz CT molecular complexity index is 1260. The van der Waals surface area contributed by atoms with Crippen LogP contribution in [0.3, 0.4) is 0 Å². The summed E-state index contributed by atoms with van der Waals surface area (Å²) in [5.74, 6) is 1.83. The van der Waals surface area contributed by atoms with Crippen LogP contribution in [-0.4, -0.2) is 43.1 Å². The molecule has 0 spiro atoms. The fraction of sp³-hybridized carbons (Fsp3) is 0.321. The van der Waals surface area contributed by atoms with Gasteiger partial charge in [-0.2, -0.15) is 0 Å². The average molecular weight is 491 g/mol. The third-order valence-electron chi connectivity index (χ3n) is 6.55. The molecule has 0 saturated carbocycles. The minimum atomic E-state index is -0.527. The van der Waals surface area contributed by atoms with Crippen LogP contribution in [0.4, 0.5) is 5.69 Å². The Balaban J connectivity index is 1.71. The molecule has 8 heteroatoms. The molecule has 1 aliphatic rings. The van der Waals surface area contributed by atoms with Crippen LogP contribution in [0, 0.1) is 10.1 Å². The Labute approximate surface area is 210 Å². The summed E-state index contributed by atoms with van der Waals surface area (Å²) >= 11 is 0. The molecule has 0 saturated heterocycles. The average Bonchev–Trinajstić information content (AvgIpc) is 2.90. The van der Waals surface area contributed by atoms with Gasteiger partial charge in [0.2, 0.25) is 0 Å². The number of ether oxygens (including phenoxy) is 3. The first-order chi connectivity index (χ1) is 17.3. The van der Waals surface area contributed by atoms with Gasteiger partial charge < -0.3 is 19.1 Å². The number of amides is 1. The number of nitrogens with zero attached hydrogens (tertiary/aromatic N) is 2. The molecule has 3 aromatic carbocycles. The van der Waals surface area contributed by atoms with Crippen molar-refractivity contribution < 1.29 is 23.9 Å². The number of hydrogen-bond acceptors (Lipinski definition) is 6. The van der Waals surface area contributed by atoms with Crippen LogP contribution in [0.1, 0.15) is 52.9 Å². The van der Waals surface area contributed by atoms with Crippen molar-refractivity contribution in [3.63, 3.8) is 0 Å². The molecule has 8 nitrogen and oxygen atoms in total. The molecule has 0 radical (unpaired) electrons. The van der Waals surface area contributed by atoms with E-state index in [2.05, 4.69) is 13.8 Å². The van der Waals surface area contributed by atoms with Crippen LogP contribution in [0.25, 0.3) is 0 Å². The highest BCUT2D eigenvalue weighted by Gasteiger charge is 2.35. The SMILES string of the molecule is COc1cc2c(cc1OC)C(COc1ccc(C(C)C)cc1)N(C(=O)c1ccccc1[N+](=O)[O-])CC2. The molecule has 1 amide bonds. The molecule has 0 N–H and O–H groups in total. The summed E-state index contributed by atoms with van der Waals surface area (Å²) in [4.78, 5) is 26.4. The number of carbonyl (C=O) groups excluding carboxylic acids is 1. The van der Waals surface area contributed by atoms with E-state index in [-0.39, 0.29) is 17.9 Å². The number of benzene rings is 3. The van der Waals surface area contributed by atoms with Gasteiger partial charge in [-0.1, -0.05) is 38.1 Å². The fourth-order valence-corrected chi connectivity index (χ4v) is 4.54. The van der Waals surface area contributed by atoms with E-state index in [9.17, 15) is 14.9 Å². The quantitative estimate of drug-likeness (QED) is 0.304. The van der Waals surface area contributed by atoms with Crippen LogP contribution in [-0.2, 0) is 6.42 Å². The zero-order valence-electron chi connectivity index (χ0n) is 20.9. The molecule has 1 heterocycles. The number of methoxy groups -OCH3 is 2. The van der Waals surface area contributed by atoms with Crippen molar-refractivity contribution in [3.05, 3.63) is 93.0 Å². The summed E-state index contributed by atoms with van der Waals surface area (Å²) in [6.45, 7) is 4.81. The van der Waals surface area contributed by atoms with E-state index in [0.29, 0.717) is 36.1 Å². The predicted octanol–water partition coefficient (Wildman–Crippen LogP) is 5.55. The maximum absolute atomic E-state index is 13.7. The van der Waals surface area contributed by atoms with Crippen molar-refractivity contribution in [2.45, 2.75) is 32.2 Å². The van der Waals surface area contributed by atoms with Gasteiger partial charge in [-0.15, -0.1) is 0 Å². The second-order valence-electron chi connectivity index (χ2n) is 8.98. The molecule has 0 bridgehead atoms. The van der Waals surface area contributed by atoms with Crippen LogP contribution in [0.2, 0.25) is 0 Å². The summed E-state index contributed by atoms with van der Waals surface area (Å²) in [6.07, 6.45) is 0.571. The third-order valence-corrected chi connectivity index (χ3v) is 6.55. The number of nitro benzene ring substituents is 1. The van der Waals surface area contributed by atoms with Gasteiger partial charge >= 0.3 is 0 Å². The Kier molecular flexibility index (Phi) is 7.43. The molecule has 3 aromatic rings. The molecule has 36 heavy (non-hydrogen) atoms. The lowest BCUT2D eigenvalue weighted by Gasteiger charge is -2.37. The van der Waals surface area contributed by atoms with Gasteiger partial charge in [0.1, 0.15) is 17.9 Å². The second kappa shape index (κ2) is 10.7. The first-order valence-corrected chi connectivity index (χ1v) is 11.9. The summed E-state index contributed by atoms with van der Waals surface area (Å²) in [6, 6.07) is 17.2. The van der Waals surface area contributed by atoms with Crippen LogP contribution in [0.5, 0.6) is 17.2 Å². The number of carbonyl (C=O) groups is 1. The van der Waals surface area contributed by atoms with E-state index in [1.165, 1.54) is 17.7 Å². The molecular weight excluding hydrogens is 460 g/mol. The van der Waals surface area contributed by atoms with Gasteiger partial charge in [-0.25, -0.2) is 0 Å². The lowest BCUT2D eigenvalue weighted by Crippen LogP contribution is -2.42. The van der Waals surface area contributed by atoms with Gasteiger partial charge in [0, 0.05) is 12.6 Å². The minimum absolute atomic E-state index is 0.0534. The molecule has 1 atom stereocenters. The topological polar surface area (TPSA) is 91.1 Å². The molecule has 0 fully saturated rings. The number of rotatable bonds is 8. The van der Waals surface area contributed by atoms with Crippen molar-refractivity contribution in [3.8, 4) is 17.2 Å². The Morgan fingerprint density at radius 2 is 1.72 bits per heavy atom. The van der Waals surface area contributed by atoms with Crippen molar-refractivity contribution >= 4 is 11.6 Å². The normalized spacial score (nSPS) is 14.8. The van der Waals surface area contributed by atoms with Gasteiger partial charge in [0.05, 0.1) is 25.2 Å². The molecule has 4 rings (SSSR count). The van der Waals surface area contributed by atoms with E-state index in [4.69, 9.17) is 14.2 Å². The van der Waals surface area contributed by atoms with E-state index >= 15 is 0 Å². The smallest absolute Gasteiger partial charge is 0.282 e. The largest absolute Gasteiger partial charge is 0.493 e. The highest BCUT2D eigenvalue weighted by molar-refractivity contribution is 5.98. The highest BCUT2D eigenvalue weighted by Crippen LogP contribution is 2.39. The number of para-hydroxylation sites is 1. The second-order valence-corrected chi connectivity index (χ2v) is 8.98. The van der Waals surface area contributed by atoms with Crippen LogP contribution in [0.15, 0.2) is 60.7 Å². The molecule has 0 aromatic heterocycles. The first kappa shape index (κ1) is 25.0. The van der Waals surface area contributed by atoms with Gasteiger partial charge in [-0.3, -0.25) is 14.9 Å². The van der Waals surface area contributed by atoms with Crippen molar-refractivity contribution in [2.75, 3.05) is 27.4 Å². The summed E-state index contributed by atoms with van der Waals surface area (Å²) in [5.41, 5.74) is 2.92. The van der Waals surface area contributed by atoms with Gasteiger partial charge in [0.15, 0.2) is 11.5 Å². The minimum Gasteiger partial charge on any atom is -0.493 e. The van der Waals surface area contributed by atoms with Crippen LogP contribution >= 0.6 is 0 Å². The van der Waals surface area contributed by atoms with E-state index in [1.807, 2.05) is 36.4 Å². The number of fused-ring (bicyclic) bond motifs is 1. The molecule has 0 aliphatic carbocycles. The van der Waals surface area contributed by atoms with Crippen molar-refractivity contribution in [1.29, 1.82) is 0 Å². The molecule has 1 unspecified atom stereocenters. The zero-order chi connectivity index (χ0) is 25.8. The summed E-state index contributed by atoms with van der Waals surface area (Å²) in [5, 5.41) is 11.6. The summed E-state index contributed by atoms with van der Waals surface area (Å²) < 4.78 is 17.2. The fourth-order valence-electron chi connectivity index (χ4n) is 4.54. The van der Waals surface area contributed by atoms with Gasteiger partial charge in [-0.05, 0) is 59.4 Å². The van der Waals surface area contributed by atoms with Crippen LogP contribution < -0.4 is 14.2 Å². The lowest BCUT2D eigenvalue weighted by atomic mass is 9.91. The van der Waals surface area contributed by atoms with E-state index in [0.717, 1.165) is 11.1 Å². The number of hydrogen-bond donors (Lipinski definition) is 0. The predicted molar refractivity (Wildman–Crippen MR) is 136 cm³/mol. The van der Waals surface area contributed by atoms with E-state index < -0.39 is 16.9 Å². The maximum Gasteiger partial charge on any atom is 0.282 e. The van der Waals surface area contributed by atoms with Gasteiger partial charge in [0.25, 0.3) is 11.6 Å². The number of nitro groups is 1. The van der Waals surface area contributed by atoms with E-state index in [1.54, 1.807) is 31.3 Å².